The maximum atomic E-state index is 13.0. The number of imidazole rings is 1. The van der Waals surface area contributed by atoms with Crippen LogP contribution in [0.1, 0.15) is 30.0 Å². The number of halogens is 3. The van der Waals surface area contributed by atoms with Crippen LogP contribution in [-0.2, 0) is 22.7 Å². The van der Waals surface area contributed by atoms with E-state index in [1.807, 2.05) is 10.8 Å². The van der Waals surface area contributed by atoms with Gasteiger partial charge in [-0.3, -0.25) is 0 Å². The number of hydrogen-bond acceptors (Lipinski definition) is 4. The largest absolute Gasteiger partial charge is 0.416 e. The first-order chi connectivity index (χ1) is 14.7. The van der Waals surface area contributed by atoms with E-state index in [0.29, 0.717) is 28.6 Å². The maximum absolute atomic E-state index is 13.0. The number of nitrogens with one attached hydrogen (secondary N) is 2. The van der Waals surface area contributed by atoms with Crippen LogP contribution in [0, 0.1) is 0 Å². The summed E-state index contributed by atoms with van der Waals surface area (Å²) in [6.45, 7) is 0.137. The lowest BCUT2D eigenvalue weighted by Crippen LogP contribution is -2.18. The van der Waals surface area contributed by atoms with Crippen molar-refractivity contribution in [2.24, 2.45) is 0 Å². The third kappa shape index (κ3) is 4.75. The Morgan fingerprint density at radius 3 is 2.61 bits per heavy atom. The highest BCUT2D eigenvalue weighted by atomic mass is 32.2. The summed E-state index contributed by atoms with van der Waals surface area (Å²) in [4.78, 5) is 4.50. The van der Waals surface area contributed by atoms with Crippen LogP contribution in [0.3, 0.4) is 0 Å². The van der Waals surface area contributed by atoms with E-state index in [0.717, 1.165) is 25.0 Å². The van der Waals surface area contributed by atoms with Gasteiger partial charge >= 0.3 is 6.18 Å². The molecule has 2 aromatic carbocycles. The minimum Gasteiger partial charge on any atom is -0.380 e. The topological polar surface area (TPSA) is 76.0 Å². The fraction of sp³-hybridized carbons (Fsp3) is 0.286. The van der Waals surface area contributed by atoms with E-state index in [4.69, 9.17) is 0 Å². The molecule has 10 heteroatoms. The molecule has 0 bridgehead atoms. The molecule has 6 nitrogen and oxygen atoms in total. The normalized spacial score (nSPS) is 14.6. The van der Waals surface area contributed by atoms with Gasteiger partial charge < -0.3 is 9.88 Å². The van der Waals surface area contributed by atoms with E-state index >= 15 is 0 Å². The molecule has 0 aliphatic heterocycles. The zero-order valence-electron chi connectivity index (χ0n) is 16.6. The van der Waals surface area contributed by atoms with Crippen molar-refractivity contribution in [1.29, 1.82) is 0 Å². The molecular formula is C21H21F3N4O2S. The summed E-state index contributed by atoms with van der Waals surface area (Å²) in [7, 11) is -2.34. The molecule has 0 unspecified atom stereocenters. The number of rotatable bonds is 7. The van der Waals surface area contributed by atoms with Crippen molar-refractivity contribution < 1.29 is 21.6 Å². The van der Waals surface area contributed by atoms with E-state index in [-0.39, 0.29) is 11.4 Å². The van der Waals surface area contributed by atoms with Gasteiger partial charge in [-0.2, -0.15) is 13.2 Å². The van der Waals surface area contributed by atoms with Gasteiger partial charge in [-0.1, -0.05) is 12.1 Å². The van der Waals surface area contributed by atoms with Gasteiger partial charge in [0.1, 0.15) is 0 Å². The van der Waals surface area contributed by atoms with Gasteiger partial charge in [-0.25, -0.2) is 18.1 Å². The Kier molecular flexibility index (Phi) is 5.52. The van der Waals surface area contributed by atoms with E-state index in [2.05, 4.69) is 15.0 Å². The van der Waals surface area contributed by atoms with E-state index < -0.39 is 21.8 Å². The predicted molar refractivity (Wildman–Crippen MR) is 111 cm³/mol. The lowest BCUT2D eigenvalue weighted by molar-refractivity contribution is -0.137. The van der Waals surface area contributed by atoms with E-state index in [1.54, 1.807) is 18.5 Å². The molecular weight excluding hydrogens is 429 g/mol. The molecule has 3 aromatic rings. The summed E-state index contributed by atoms with van der Waals surface area (Å²) in [6.07, 6.45) is 1.30. The lowest BCUT2D eigenvalue weighted by atomic mass is 10.1. The van der Waals surface area contributed by atoms with Crippen LogP contribution in [0.5, 0.6) is 0 Å². The van der Waals surface area contributed by atoms with Crippen LogP contribution in [0.25, 0.3) is 11.3 Å². The van der Waals surface area contributed by atoms with E-state index in [1.165, 1.54) is 25.2 Å². The Hall–Kier alpha value is -2.85. The summed E-state index contributed by atoms with van der Waals surface area (Å²) < 4.78 is 67.8. The summed E-state index contributed by atoms with van der Waals surface area (Å²) in [5, 5.41) is 3.13. The maximum Gasteiger partial charge on any atom is 0.416 e. The number of nitrogens with zero attached hydrogens (tertiary/aromatic N) is 2. The molecule has 4 rings (SSSR count). The number of alkyl halides is 3. The van der Waals surface area contributed by atoms with Crippen molar-refractivity contribution in [3.05, 3.63) is 66.1 Å². The predicted octanol–water partition coefficient (Wildman–Crippen LogP) is 4.42. The fourth-order valence-corrected chi connectivity index (χ4v) is 4.03. The zero-order chi connectivity index (χ0) is 22.2. The third-order valence-electron chi connectivity index (χ3n) is 5.15. The highest BCUT2D eigenvalue weighted by molar-refractivity contribution is 7.89. The molecule has 164 valence electrons. The Morgan fingerprint density at radius 1 is 1.16 bits per heavy atom. The van der Waals surface area contributed by atoms with Crippen LogP contribution < -0.4 is 10.0 Å². The molecule has 1 fully saturated rings. The Bertz CT molecular complexity index is 1200. The SMILES string of the molecule is CNS(=O)(=O)c1ccc(NCc2cccc(C(F)(F)F)c2)c(-c2cn(C3CC3)cn2)c1. The molecule has 0 amide bonds. The number of anilines is 1. The van der Waals surface area contributed by atoms with Crippen molar-refractivity contribution in [3.8, 4) is 11.3 Å². The van der Waals surface area contributed by atoms with Gasteiger partial charge in [0.05, 0.1) is 22.5 Å². The number of sulfonamides is 1. The monoisotopic (exact) mass is 450 g/mol. The lowest BCUT2D eigenvalue weighted by Gasteiger charge is -2.14. The molecule has 1 saturated carbocycles. The summed E-state index contributed by atoms with van der Waals surface area (Å²) >= 11 is 0. The number of benzene rings is 2. The van der Waals surface area contributed by atoms with Crippen LogP contribution in [0.15, 0.2) is 59.9 Å². The van der Waals surface area contributed by atoms with Crippen molar-refractivity contribution in [3.63, 3.8) is 0 Å². The number of hydrogen-bond donors (Lipinski definition) is 2. The van der Waals surface area contributed by atoms with E-state index in [9.17, 15) is 21.6 Å². The Balaban J connectivity index is 1.66. The first kappa shape index (κ1) is 21.4. The highest BCUT2D eigenvalue weighted by Gasteiger charge is 2.30. The molecule has 0 saturated heterocycles. The summed E-state index contributed by atoms with van der Waals surface area (Å²) in [5.74, 6) is 0. The number of aromatic nitrogens is 2. The van der Waals surface area contributed by atoms with Gasteiger partial charge in [0.25, 0.3) is 0 Å². The highest BCUT2D eigenvalue weighted by Crippen LogP contribution is 2.37. The second-order valence-electron chi connectivity index (χ2n) is 7.40. The van der Waals surface area contributed by atoms with Gasteiger partial charge in [-0.05, 0) is 55.8 Å². The van der Waals surface area contributed by atoms with Crippen LogP contribution in [0.2, 0.25) is 0 Å². The molecule has 1 aliphatic rings. The summed E-state index contributed by atoms with van der Waals surface area (Å²) in [6, 6.07) is 10.0. The van der Waals surface area contributed by atoms with Crippen LogP contribution in [0.4, 0.5) is 18.9 Å². The molecule has 1 heterocycles. The smallest absolute Gasteiger partial charge is 0.380 e. The van der Waals surface area contributed by atoms with Crippen molar-refractivity contribution in [1.82, 2.24) is 14.3 Å². The quantitative estimate of drug-likeness (QED) is 0.559. The van der Waals surface area contributed by atoms with Crippen LogP contribution in [-0.4, -0.2) is 25.0 Å². The van der Waals surface area contributed by atoms with Crippen LogP contribution >= 0.6 is 0 Å². The second kappa shape index (κ2) is 8.01. The van der Waals surface area contributed by atoms with Crippen molar-refractivity contribution in [2.45, 2.75) is 36.5 Å². The minimum atomic E-state index is -4.42. The van der Waals surface area contributed by atoms with Gasteiger partial charge in [0.15, 0.2) is 0 Å². The molecule has 0 atom stereocenters. The molecule has 1 aromatic heterocycles. The molecule has 0 spiro atoms. The third-order valence-corrected chi connectivity index (χ3v) is 6.57. The first-order valence-corrected chi connectivity index (χ1v) is 11.2. The van der Waals surface area contributed by atoms with Crippen molar-refractivity contribution >= 4 is 15.7 Å². The Morgan fingerprint density at radius 2 is 1.94 bits per heavy atom. The second-order valence-corrected chi connectivity index (χ2v) is 9.29. The first-order valence-electron chi connectivity index (χ1n) is 9.69. The van der Waals surface area contributed by atoms with Gasteiger partial charge in [0.2, 0.25) is 10.0 Å². The molecule has 0 radical (unpaired) electrons. The zero-order valence-corrected chi connectivity index (χ0v) is 17.5. The minimum absolute atomic E-state index is 0.0793. The standard InChI is InChI=1S/C21H21F3N4O2S/c1-25-31(29,30)17-7-8-19(18(10-17)20-12-28(13-27-20)16-5-6-16)26-11-14-3-2-4-15(9-14)21(22,23)24/h2-4,7-10,12-13,16,25-26H,5-6,11H2,1H3. The average Bonchev–Trinajstić information content (AvgIpc) is 3.48. The van der Waals surface area contributed by atoms with Gasteiger partial charge in [-0.15, -0.1) is 0 Å². The van der Waals surface area contributed by atoms with Gasteiger partial charge in [0, 0.05) is 30.0 Å². The molecule has 31 heavy (non-hydrogen) atoms. The summed E-state index contributed by atoms with van der Waals surface area (Å²) in [5.41, 5.74) is 1.46. The molecule has 2 N–H and O–H groups in total. The fourth-order valence-electron chi connectivity index (χ4n) is 3.28. The Labute approximate surface area is 178 Å². The van der Waals surface area contributed by atoms with Crippen molar-refractivity contribution in [2.75, 3.05) is 12.4 Å². The average molecular weight is 450 g/mol. The molecule has 1 aliphatic carbocycles.